The third kappa shape index (κ3) is 8.69. The standard InChI is InChI=1S/C31H31N3O7/c35-28(32-18-16-21-12-14-23(15-13-21)30(37)38)25(34-29(36)27-19-24-9-4-5-11-26(24)41-27)10-6-17-33-31(39)40-20-22-7-2-1-3-8-22/h1-5,7-9,11-15,19,25H,6,10,16-18,20H2,(H,32,35)(H,33,39)(H,34,36)(H,37,38)/t25-/m0/s1. The second-order valence-corrected chi connectivity index (χ2v) is 9.35. The van der Waals surface area contributed by atoms with Gasteiger partial charge in [0.05, 0.1) is 5.56 Å². The highest BCUT2D eigenvalue weighted by molar-refractivity contribution is 5.98. The molecule has 3 amide bonds. The Labute approximate surface area is 236 Å². The summed E-state index contributed by atoms with van der Waals surface area (Å²) in [6, 6.07) is 23.6. The topological polar surface area (TPSA) is 147 Å². The lowest BCUT2D eigenvalue weighted by molar-refractivity contribution is -0.123. The van der Waals surface area contributed by atoms with Crippen LogP contribution in [0.25, 0.3) is 11.0 Å². The van der Waals surface area contributed by atoms with E-state index in [4.69, 9.17) is 14.3 Å². The van der Waals surface area contributed by atoms with Gasteiger partial charge in [-0.05, 0) is 54.7 Å². The molecule has 10 nitrogen and oxygen atoms in total. The molecule has 0 fully saturated rings. The van der Waals surface area contributed by atoms with E-state index in [1.807, 2.05) is 42.5 Å². The van der Waals surface area contributed by atoms with Crippen LogP contribution in [0.15, 0.2) is 89.3 Å². The lowest BCUT2D eigenvalue weighted by atomic mass is 10.1. The molecule has 10 heteroatoms. The van der Waals surface area contributed by atoms with Crippen molar-refractivity contribution >= 4 is 34.8 Å². The number of carbonyl (C=O) groups excluding carboxylic acids is 3. The molecule has 1 heterocycles. The second kappa shape index (κ2) is 14.3. The fourth-order valence-corrected chi connectivity index (χ4v) is 4.13. The van der Waals surface area contributed by atoms with Gasteiger partial charge in [0.25, 0.3) is 5.91 Å². The van der Waals surface area contributed by atoms with Crippen LogP contribution in [0.4, 0.5) is 4.79 Å². The summed E-state index contributed by atoms with van der Waals surface area (Å²) in [5.41, 5.74) is 2.47. The number of amides is 3. The summed E-state index contributed by atoms with van der Waals surface area (Å²) in [5.74, 6) is -1.83. The first-order chi connectivity index (χ1) is 19.9. The molecule has 0 saturated carbocycles. The highest BCUT2D eigenvalue weighted by Crippen LogP contribution is 2.19. The van der Waals surface area contributed by atoms with Gasteiger partial charge in [-0.1, -0.05) is 60.7 Å². The Kier molecular flexibility index (Phi) is 10.1. The molecule has 41 heavy (non-hydrogen) atoms. The Hall–Kier alpha value is -5.12. The van der Waals surface area contributed by atoms with E-state index in [1.54, 1.807) is 30.3 Å². The van der Waals surface area contributed by atoms with Crippen LogP contribution >= 0.6 is 0 Å². The van der Waals surface area contributed by atoms with Gasteiger partial charge in [-0.15, -0.1) is 0 Å². The van der Waals surface area contributed by atoms with E-state index >= 15 is 0 Å². The molecule has 0 bridgehead atoms. The summed E-state index contributed by atoms with van der Waals surface area (Å²) >= 11 is 0. The molecule has 0 aliphatic carbocycles. The second-order valence-electron chi connectivity index (χ2n) is 9.35. The highest BCUT2D eigenvalue weighted by Gasteiger charge is 2.23. The number of para-hydroxylation sites is 1. The minimum atomic E-state index is -1.01. The van der Waals surface area contributed by atoms with Crippen LogP contribution < -0.4 is 16.0 Å². The number of nitrogens with one attached hydrogen (secondary N) is 3. The Morgan fingerprint density at radius 2 is 1.56 bits per heavy atom. The summed E-state index contributed by atoms with van der Waals surface area (Å²) in [6.07, 6.45) is 0.555. The lowest BCUT2D eigenvalue weighted by Gasteiger charge is -2.18. The van der Waals surface area contributed by atoms with Crippen LogP contribution in [0, 0.1) is 0 Å². The number of ether oxygens (including phenoxy) is 1. The van der Waals surface area contributed by atoms with Crippen molar-refractivity contribution in [2.45, 2.75) is 31.9 Å². The SMILES string of the molecule is O=C(NCCC[C@H](NC(=O)c1cc2ccccc2o1)C(=O)NCCc1ccc(C(=O)O)cc1)OCc1ccccc1. The zero-order chi connectivity index (χ0) is 29.0. The third-order valence-electron chi connectivity index (χ3n) is 6.34. The molecule has 0 radical (unpaired) electrons. The van der Waals surface area contributed by atoms with Crippen molar-refractivity contribution in [3.8, 4) is 0 Å². The number of benzene rings is 3. The van der Waals surface area contributed by atoms with Gasteiger partial charge < -0.3 is 30.2 Å². The minimum Gasteiger partial charge on any atom is -0.478 e. The lowest BCUT2D eigenvalue weighted by Crippen LogP contribution is -2.47. The number of fused-ring (bicyclic) bond motifs is 1. The van der Waals surface area contributed by atoms with Crippen LogP contribution in [0.5, 0.6) is 0 Å². The average molecular weight is 558 g/mol. The fraction of sp³-hybridized carbons (Fsp3) is 0.226. The normalized spacial score (nSPS) is 11.4. The quantitative estimate of drug-likeness (QED) is 0.179. The van der Waals surface area contributed by atoms with Crippen molar-refractivity contribution in [1.82, 2.24) is 16.0 Å². The number of alkyl carbamates (subject to hydrolysis) is 1. The van der Waals surface area contributed by atoms with E-state index in [0.717, 1.165) is 16.5 Å². The first kappa shape index (κ1) is 28.9. The van der Waals surface area contributed by atoms with Crippen LogP contribution in [0.3, 0.4) is 0 Å². The average Bonchev–Trinajstić information content (AvgIpc) is 3.43. The maximum atomic E-state index is 13.1. The smallest absolute Gasteiger partial charge is 0.407 e. The van der Waals surface area contributed by atoms with Crippen molar-refractivity contribution in [3.63, 3.8) is 0 Å². The molecule has 3 aromatic carbocycles. The van der Waals surface area contributed by atoms with E-state index < -0.39 is 24.0 Å². The van der Waals surface area contributed by atoms with Gasteiger partial charge in [-0.3, -0.25) is 9.59 Å². The van der Waals surface area contributed by atoms with E-state index in [1.165, 1.54) is 12.1 Å². The summed E-state index contributed by atoms with van der Waals surface area (Å²) < 4.78 is 10.8. The Morgan fingerprint density at radius 1 is 0.829 bits per heavy atom. The number of carbonyl (C=O) groups is 4. The predicted octanol–water partition coefficient (Wildman–Crippen LogP) is 4.29. The molecular weight excluding hydrogens is 526 g/mol. The van der Waals surface area contributed by atoms with E-state index in [2.05, 4.69) is 16.0 Å². The molecule has 0 saturated heterocycles. The molecule has 0 aliphatic heterocycles. The summed E-state index contributed by atoms with van der Waals surface area (Å²) in [6.45, 7) is 0.671. The minimum absolute atomic E-state index is 0.0881. The molecule has 1 aromatic heterocycles. The van der Waals surface area contributed by atoms with Gasteiger partial charge >= 0.3 is 12.1 Å². The Morgan fingerprint density at radius 3 is 2.29 bits per heavy atom. The van der Waals surface area contributed by atoms with Gasteiger partial charge in [0.2, 0.25) is 5.91 Å². The Balaban J connectivity index is 1.30. The largest absolute Gasteiger partial charge is 0.478 e. The molecule has 4 rings (SSSR count). The maximum absolute atomic E-state index is 13.1. The summed E-state index contributed by atoms with van der Waals surface area (Å²) in [7, 11) is 0. The van der Waals surface area contributed by atoms with Crippen LogP contribution in [0.1, 0.15) is 44.9 Å². The number of carboxylic acids is 1. The van der Waals surface area contributed by atoms with Crippen LogP contribution in [-0.2, 0) is 22.6 Å². The molecule has 0 unspecified atom stereocenters. The molecular formula is C31H31N3O7. The third-order valence-corrected chi connectivity index (χ3v) is 6.34. The van der Waals surface area contributed by atoms with Crippen molar-refractivity contribution < 1.29 is 33.4 Å². The molecule has 0 aliphatic rings. The monoisotopic (exact) mass is 557 g/mol. The van der Waals surface area contributed by atoms with Gasteiger partial charge in [0.1, 0.15) is 18.2 Å². The van der Waals surface area contributed by atoms with Gasteiger partial charge in [-0.2, -0.15) is 0 Å². The molecule has 1 atom stereocenters. The van der Waals surface area contributed by atoms with Crippen molar-refractivity contribution in [3.05, 3.63) is 107 Å². The first-order valence-electron chi connectivity index (χ1n) is 13.2. The Bertz CT molecular complexity index is 1450. The number of carboxylic acid groups (broad SMARTS) is 1. The zero-order valence-corrected chi connectivity index (χ0v) is 22.3. The van der Waals surface area contributed by atoms with Gasteiger partial charge in [0.15, 0.2) is 5.76 Å². The van der Waals surface area contributed by atoms with Crippen molar-refractivity contribution in [2.24, 2.45) is 0 Å². The number of hydrogen-bond acceptors (Lipinski definition) is 6. The van der Waals surface area contributed by atoms with Crippen LogP contribution in [0.2, 0.25) is 0 Å². The predicted molar refractivity (Wildman–Crippen MR) is 151 cm³/mol. The number of rotatable bonds is 13. The number of hydrogen-bond donors (Lipinski definition) is 4. The number of furan rings is 1. The van der Waals surface area contributed by atoms with Crippen molar-refractivity contribution in [2.75, 3.05) is 13.1 Å². The van der Waals surface area contributed by atoms with Gasteiger partial charge in [0, 0.05) is 18.5 Å². The van der Waals surface area contributed by atoms with E-state index in [9.17, 15) is 19.2 Å². The molecule has 4 N–H and O–H groups in total. The van der Waals surface area contributed by atoms with Crippen molar-refractivity contribution in [1.29, 1.82) is 0 Å². The molecule has 4 aromatic rings. The van der Waals surface area contributed by atoms with E-state index in [0.29, 0.717) is 18.4 Å². The molecule has 0 spiro atoms. The summed E-state index contributed by atoms with van der Waals surface area (Å²) in [4.78, 5) is 49.1. The van der Waals surface area contributed by atoms with Gasteiger partial charge in [-0.25, -0.2) is 9.59 Å². The highest BCUT2D eigenvalue weighted by atomic mass is 16.5. The first-order valence-corrected chi connectivity index (χ1v) is 13.2. The maximum Gasteiger partial charge on any atom is 0.407 e. The fourth-order valence-electron chi connectivity index (χ4n) is 4.13. The van der Waals surface area contributed by atoms with E-state index in [-0.39, 0.29) is 43.3 Å². The molecule has 212 valence electrons. The summed E-state index contributed by atoms with van der Waals surface area (Å²) in [5, 5.41) is 18.0. The zero-order valence-electron chi connectivity index (χ0n) is 22.3. The number of aromatic carboxylic acids is 1. The van der Waals surface area contributed by atoms with Crippen LogP contribution in [-0.4, -0.2) is 48.1 Å².